The van der Waals surface area contributed by atoms with Crippen LogP contribution in [0.5, 0.6) is 0 Å². The first-order valence-corrected chi connectivity index (χ1v) is 11.0. The summed E-state index contributed by atoms with van der Waals surface area (Å²) in [6.07, 6.45) is 3.63. The highest BCUT2D eigenvalue weighted by Crippen LogP contribution is 2.27. The van der Waals surface area contributed by atoms with Gasteiger partial charge in [0.25, 0.3) is 0 Å². The van der Waals surface area contributed by atoms with Gasteiger partial charge < -0.3 is 15.1 Å². The largest absolute Gasteiger partial charge is 0.369 e. The molecule has 0 bridgehead atoms. The number of thiocarbonyl (C=S) groups is 1. The van der Waals surface area contributed by atoms with Gasteiger partial charge in [-0.05, 0) is 43.5 Å². The summed E-state index contributed by atoms with van der Waals surface area (Å²) in [5.41, 5.74) is 3.52. The molecular weight excluding hydrogens is 419 g/mol. The highest BCUT2D eigenvalue weighted by molar-refractivity contribution is 8.26. The van der Waals surface area contributed by atoms with Crippen molar-refractivity contribution in [3.63, 3.8) is 0 Å². The molecule has 9 heteroatoms. The van der Waals surface area contributed by atoms with E-state index < -0.39 is 0 Å². The Morgan fingerprint density at radius 1 is 1.17 bits per heavy atom. The molecule has 2 saturated heterocycles. The summed E-state index contributed by atoms with van der Waals surface area (Å²) in [6.45, 7) is 4.48. The van der Waals surface area contributed by atoms with E-state index in [1.165, 1.54) is 11.8 Å². The van der Waals surface area contributed by atoms with Crippen LogP contribution in [0.4, 0.5) is 10.1 Å². The van der Waals surface area contributed by atoms with E-state index in [9.17, 15) is 0 Å². The van der Waals surface area contributed by atoms with Gasteiger partial charge in [-0.25, -0.2) is 14.4 Å². The third-order valence-electron chi connectivity index (χ3n) is 5.42. The second-order valence-electron chi connectivity index (χ2n) is 7.47. The summed E-state index contributed by atoms with van der Waals surface area (Å²) in [7, 11) is 2.11. The summed E-state index contributed by atoms with van der Waals surface area (Å²) in [6, 6.07) is 9.23. The number of nitrogens with zero attached hydrogens (tertiary/aromatic N) is 5. The number of hydrogen-bond donors (Lipinski definition) is 1. The number of thioether (sulfide) groups is 1. The van der Waals surface area contributed by atoms with Crippen LogP contribution in [0.3, 0.4) is 0 Å². The summed E-state index contributed by atoms with van der Waals surface area (Å²) < 4.78 is 17.6. The van der Waals surface area contributed by atoms with Crippen molar-refractivity contribution < 1.29 is 4.39 Å². The molecule has 0 unspecified atom stereocenters. The number of nitrogens with one attached hydrogen (secondary N) is 1. The van der Waals surface area contributed by atoms with Gasteiger partial charge in [-0.3, -0.25) is 4.57 Å². The Labute approximate surface area is 183 Å². The molecule has 0 atom stereocenters. The molecule has 30 heavy (non-hydrogen) atoms. The van der Waals surface area contributed by atoms with Crippen LogP contribution >= 0.6 is 24.0 Å². The summed E-state index contributed by atoms with van der Waals surface area (Å²) >= 11 is 6.70. The Kier molecular flexibility index (Phi) is 5.18. The molecule has 1 N–H and O–H groups in total. The highest BCUT2D eigenvalue weighted by Gasteiger charge is 2.18. The third-order valence-corrected chi connectivity index (χ3v) is 6.66. The zero-order valence-electron chi connectivity index (χ0n) is 16.5. The molecule has 2 fully saturated rings. The Bertz CT molecular complexity index is 1150. The van der Waals surface area contributed by atoms with Gasteiger partial charge in [-0.2, -0.15) is 0 Å². The number of rotatable bonds is 3. The molecule has 0 radical (unpaired) electrons. The van der Waals surface area contributed by atoms with Crippen LogP contribution in [0, 0.1) is 5.82 Å². The standard InChI is InChI=1S/C21H21FN6S2/c1-26-6-8-27(9-7-26)15-3-5-19(17(22)11-15)28-13-24-18-4-2-14(25-20(18)28)10-16-12-23-21(29)30-16/h2-5,10-11,13H,6-9,12H2,1H3,(H,23,29)/b16-10-. The molecule has 2 aliphatic heterocycles. The second-order valence-corrected chi connectivity index (χ2v) is 9.28. The first kappa shape index (κ1) is 19.5. The monoisotopic (exact) mass is 440 g/mol. The molecule has 2 aliphatic rings. The first-order chi connectivity index (χ1) is 14.6. The van der Waals surface area contributed by atoms with Crippen molar-refractivity contribution in [2.75, 3.05) is 44.7 Å². The van der Waals surface area contributed by atoms with Crippen LogP contribution in [-0.4, -0.2) is 63.5 Å². The van der Waals surface area contributed by atoms with Gasteiger partial charge in [0.05, 0.1) is 11.4 Å². The number of aromatic nitrogens is 3. The summed E-state index contributed by atoms with van der Waals surface area (Å²) in [4.78, 5) is 14.7. The molecule has 2 aromatic heterocycles. The minimum absolute atomic E-state index is 0.280. The normalized spacial score (nSPS) is 19.1. The van der Waals surface area contributed by atoms with Crippen molar-refractivity contribution in [3.05, 3.63) is 53.1 Å². The van der Waals surface area contributed by atoms with Crippen LogP contribution in [0.1, 0.15) is 5.69 Å². The predicted molar refractivity (Wildman–Crippen MR) is 125 cm³/mol. The van der Waals surface area contributed by atoms with Crippen LogP contribution in [-0.2, 0) is 0 Å². The van der Waals surface area contributed by atoms with Gasteiger partial charge >= 0.3 is 0 Å². The van der Waals surface area contributed by atoms with Gasteiger partial charge in [-0.15, -0.1) is 0 Å². The van der Waals surface area contributed by atoms with E-state index >= 15 is 4.39 Å². The molecule has 0 aliphatic carbocycles. The number of hydrogen-bond acceptors (Lipinski definition) is 6. The maximum absolute atomic E-state index is 15.1. The van der Waals surface area contributed by atoms with E-state index in [4.69, 9.17) is 17.2 Å². The van der Waals surface area contributed by atoms with Gasteiger partial charge in [0.1, 0.15) is 22.0 Å². The topological polar surface area (TPSA) is 49.2 Å². The molecule has 4 heterocycles. The zero-order valence-corrected chi connectivity index (χ0v) is 18.1. The SMILES string of the molecule is CN1CCN(c2ccc(-n3cnc4ccc(/C=C5/CNC(=S)S5)nc43)c(F)c2)CC1. The molecule has 5 rings (SSSR count). The zero-order chi connectivity index (χ0) is 20.7. The summed E-state index contributed by atoms with van der Waals surface area (Å²) in [5, 5.41) is 3.13. The van der Waals surface area contributed by atoms with Crippen molar-refractivity contribution in [2.45, 2.75) is 0 Å². The summed E-state index contributed by atoms with van der Waals surface area (Å²) in [5.74, 6) is -0.280. The molecule has 0 amide bonds. The van der Waals surface area contributed by atoms with Gasteiger partial charge in [0, 0.05) is 43.3 Å². The van der Waals surface area contributed by atoms with E-state index in [0.29, 0.717) is 17.9 Å². The second kappa shape index (κ2) is 7.98. The Balaban J connectivity index is 1.47. The van der Waals surface area contributed by atoms with Gasteiger partial charge in [0.2, 0.25) is 0 Å². The van der Waals surface area contributed by atoms with Crippen molar-refractivity contribution in [1.82, 2.24) is 24.8 Å². The van der Waals surface area contributed by atoms with Crippen molar-refractivity contribution in [2.24, 2.45) is 0 Å². The predicted octanol–water partition coefficient (Wildman–Crippen LogP) is 3.27. The fourth-order valence-electron chi connectivity index (χ4n) is 3.71. The molecular formula is C21H21FN6S2. The van der Waals surface area contributed by atoms with Crippen LogP contribution in [0.2, 0.25) is 0 Å². The van der Waals surface area contributed by atoms with E-state index in [-0.39, 0.29) is 5.82 Å². The number of piperazine rings is 1. The number of benzene rings is 1. The number of halogens is 1. The molecule has 1 aromatic carbocycles. The van der Waals surface area contributed by atoms with Crippen molar-refractivity contribution in [1.29, 1.82) is 0 Å². The molecule has 0 saturated carbocycles. The van der Waals surface area contributed by atoms with E-state index in [2.05, 4.69) is 27.1 Å². The average Bonchev–Trinajstić information content (AvgIpc) is 3.34. The van der Waals surface area contributed by atoms with Crippen LogP contribution < -0.4 is 10.2 Å². The third kappa shape index (κ3) is 3.80. The number of imidazole rings is 1. The minimum atomic E-state index is -0.280. The number of fused-ring (bicyclic) bond motifs is 1. The van der Waals surface area contributed by atoms with Crippen molar-refractivity contribution in [3.8, 4) is 5.69 Å². The number of anilines is 1. The smallest absolute Gasteiger partial charge is 0.165 e. The van der Waals surface area contributed by atoms with Crippen molar-refractivity contribution >= 4 is 51.2 Å². The fraction of sp³-hybridized carbons (Fsp3) is 0.286. The maximum Gasteiger partial charge on any atom is 0.165 e. The van der Waals surface area contributed by atoms with Crippen LogP contribution in [0.15, 0.2) is 41.6 Å². The fourth-order valence-corrected chi connectivity index (χ4v) is 4.81. The Hall–Kier alpha value is -2.49. The average molecular weight is 441 g/mol. The Morgan fingerprint density at radius 2 is 2.00 bits per heavy atom. The van der Waals surface area contributed by atoms with E-state index in [0.717, 1.165) is 52.3 Å². The van der Waals surface area contributed by atoms with E-state index in [1.54, 1.807) is 17.0 Å². The Morgan fingerprint density at radius 3 is 2.73 bits per heavy atom. The molecule has 154 valence electrons. The molecule has 0 spiro atoms. The lowest BCUT2D eigenvalue weighted by atomic mass is 10.2. The molecule has 6 nitrogen and oxygen atoms in total. The lowest BCUT2D eigenvalue weighted by Gasteiger charge is -2.34. The maximum atomic E-state index is 15.1. The quantitative estimate of drug-likeness (QED) is 0.628. The first-order valence-electron chi connectivity index (χ1n) is 9.80. The number of pyridine rings is 1. The molecule has 3 aromatic rings. The van der Waals surface area contributed by atoms with E-state index in [1.807, 2.05) is 30.3 Å². The number of likely N-dealkylation sites (N-methyl/N-ethyl adjacent to an activating group) is 1. The highest BCUT2D eigenvalue weighted by atomic mass is 32.2. The van der Waals surface area contributed by atoms with Gasteiger partial charge in [-0.1, -0.05) is 24.0 Å². The lowest BCUT2D eigenvalue weighted by Crippen LogP contribution is -2.44. The van der Waals surface area contributed by atoms with Gasteiger partial charge in [0.15, 0.2) is 5.65 Å². The minimum Gasteiger partial charge on any atom is -0.369 e. The van der Waals surface area contributed by atoms with Crippen LogP contribution in [0.25, 0.3) is 22.9 Å². The lowest BCUT2D eigenvalue weighted by molar-refractivity contribution is 0.313.